The number of amides is 1. The van der Waals surface area contributed by atoms with Crippen molar-refractivity contribution in [2.24, 2.45) is 5.92 Å². The molecule has 1 amide bonds. The number of alkyl halides is 2. The molecular weight excluding hydrogens is 386 g/mol. The van der Waals surface area contributed by atoms with Crippen molar-refractivity contribution in [3.63, 3.8) is 0 Å². The van der Waals surface area contributed by atoms with Crippen molar-refractivity contribution in [1.82, 2.24) is 9.88 Å². The van der Waals surface area contributed by atoms with Gasteiger partial charge in [-0.15, -0.1) is 0 Å². The number of fused-ring (bicyclic) bond motifs is 1. The largest absolute Gasteiger partial charge is 0.382 e. The number of hydrogen-bond donors (Lipinski definition) is 2. The zero-order chi connectivity index (χ0) is 20.9. The highest BCUT2D eigenvalue weighted by molar-refractivity contribution is 5.96. The quantitative estimate of drug-likeness (QED) is 0.747. The molecule has 1 aromatic carbocycles. The van der Waals surface area contributed by atoms with Gasteiger partial charge in [-0.2, -0.15) is 0 Å². The Hall–Kier alpha value is -2.96. The van der Waals surface area contributed by atoms with E-state index in [0.29, 0.717) is 5.82 Å². The van der Waals surface area contributed by atoms with Gasteiger partial charge in [-0.05, 0) is 42.7 Å². The summed E-state index contributed by atoms with van der Waals surface area (Å²) in [4.78, 5) is 19.5. The normalized spacial score (nSPS) is 25.8. The van der Waals surface area contributed by atoms with Crippen LogP contribution in [0.4, 0.5) is 20.3 Å². The van der Waals surface area contributed by atoms with Crippen molar-refractivity contribution >= 4 is 23.0 Å². The molecule has 3 unspecified atom stereocenters. The van der Waals surface area contributed by atoms with Crippen LogP contribution in [0.3, 0.4) is 0 Å². The molecule has 2 N–H and O–H groups in total. The van der Waals surface area contributed by atoms with Gasteiger partial charge >= 0.3 is 0 Å². The lowest BCUT2D eigenvalue weighted by atomic mass is 9.79. The number of nitrogens with one attached hydrogen (secondary N) is 2. The number of rotatable bonds is 6. The standard InChI is InChI=1S/C23H24F2N4O/c1-26-21-20(27-13-16-12-23(16,24)25)8-7-19(28-21)15-9-17-11-18(10-15)29(17)22(30)14-5-3-2-4-6-14/h2-9,16-18,27H,10-13H2,1H3,(H,26,28). The van der Waals surface area contributed by atoms with Crippen molar-refractivity contribution in [2.45, 2.75) is 37.3 Å². The smallest absolute Gasteiger partial charge is 0.254 e. The summed E-state index contributed by atoms with van der Waals surface area (Å²) in [6.45, 7) is 0.242. The minimum Gasteiger partial charge on any atom is -0.382 e. The first-order valence-corrected chi connectivity index (χ1v) is 10.4. The predicted octanol–water partition coefficient (Wildman–Crippen LogP) is 4.26. The van der Waals surface area contributed by atoms with E-state index in [-0.39, 0.29) is 31.0 Å². The fourth-order valence-corrected chi connectivity index (χ4v) is 4.45. The van der Waals surface area contributed by atoms with E-state index >= 15 is 0 Å². The van der Waals surface area contributed by atoms with Gasteiger partial charge in [-0.1, -0.05) is 24.3 Å². The van der Waals surface area contributed by atoms with Crippen molar-refractivity contribution in [1.29, 1.82) is 0 Å². The van der Waals surface area contributed by atoms with Gasteiger partial charge in [0.05, 0.1) is 17.4 Å². The van der Waals surface area contributed by atoms with Crippen LogP contribution in [-0.4, -0.2) is 47.4 Å². The second kappa shape index (κ2) is 7.07. The van der Waals surface area contributed by atoms with E-state index in [2.05, 4.69) is 16.7 Å². The molecular formula is C23H24F2N4O. The van der Waals surface area contributed by atoms with Gasteiger partial charge in [0.15, 0.2) is 0 Å². The van der Waals surface area contributed by atoms with Crippen molar-refractivity contribution in [2.75, 3.05) is 24.2 Å². The number of anilines is 2. The van der Waals surface area contributed by atoms with Crippen LogP contribution in [0.15, 0.2) is 48.5 Å². The van der Waals surface area contributed by atoms with Crippen LogP contribution >= 0.6 is 0 Å². The maximum Gasteiger partial charge on any atom is 0.254 e. The van der Waals surface area contributed by atoms with Crippen LogP contribution in [0.5, 0.6) is 0 Å². The topological polar surface area (TPSA) is 57.3 Å². The second-order valence-corrected chi connectivity index (χ2v) is 8.32. The first-order valence-electron chi connectivity index (χ1n) is 10.4. The molecule has 7 heteroatoms. The van der Waals surface area contributed by atoms with Crippen molar-refractivity contribution in [3.05, 3.63) is 59.8 Å². The van der Waals surface area contributed by atoms with Crippen molar-refractivity contribution < 1.29 is 13.6 Å². The second-order valence-electron chi connectivity index (χ2n) is 8.32. The van der Waals surface area contributed by atoms with Crippen LogP contribution < -0.4 is 10.6 Å². The van der Waals surface area contributed by atoms with Gasteiger partial charge in [0.1, 0.15) is 5.82 Å². The Labute approximate surface area is 174 Å². The van der Waals surface area contributed by atoms with Gasteiger partial charge in [0.25, 0.3) is 11.8 Å². The molecule has 1 saturated carbocycles. The van der Waals surface area contributed by atoms with E-state index in [4.69, 9.17) is 4.98 Å². The molecule has 6 rings (SSSR count). The van der Waals surface area contributed by atoms with Crippen LogP contribution in [0.2, 0.25) is 0 Å². The number of aromatic nitrogens is 1. The average Bonchev–Trinajstić information content (AvgIpc) is 3.39. The number of carbonyl (C=O) groups is 1. The summed E-state index contributed by atoms with van der Waals surface area (Å²) in [6, 6.07) is 13.5. The van der Waals surface area contributed by atoms with Crippen LogP contribution in [-0.2, 0) is 0 Å². The molecule has 2 fully saturated rings. The zero-order valence-corrected chi connectivity index (χ0v) is 16.7. The first kappa shape index (κ1) is 19.0. The summed E-state index contributed by atoms with van der Waals surface area (Å²) in [7, 11) is 1.77. The number of carbonyl (C=O) groups excluding carboxylic acids is 1. The molecule has 2 aromatic rings. The van der Waals surface area contributed by atoms with Crippen LogP contribution in [0.25, 0.3) is 5.57 Å². The van der Waals surface area contributed by atoms with Gasteiger partial charge in [-0.25, -0.2) is 13.8 Å². The van der Waals surface area contributed by atoms with Gasteiger partial charge in [-0.3, -0.25) is 4.79 Å². The molecule has 1 saturated heterocycles. The molecule has 3 atom stereocenters. The Morgan fingerprint density at radius 2 is 2.00 bits per heavy atom. The minimum absolute atomic E-state index is 0.0474. The lowest BCUT2D eigenvalue weighted by Crippen LogP contribution is -2.59. The third-order valence-corrected chi connectivity index (χ3v) is 6.32. The summed E-state index contributed by atoms with van der Waals surface area (Å²) >= 11 is 0. The average molecular weight is 410 g/mol. The molecule has 2 bridgehead atoms. The summed E-state index contributed by atoms with van der Waals surface area (Å²) < 4.78 is 26.2. The third kappa shape index (κ3) is 3.32. The highest BCUT2D eigenvalue weighted by Gasteiger charge is 2.56. The third-order valence-electron chi connectivity index (χ3n) is 6.32. The number of pyridine rings is 1. The lowest BCUT2D eigenvalue weighted by Gasteiger charge is -2.51. The maximum absolute atomic E-state index is 13.1. The Bertz CT molecular complexity index is 1010. The number of benzene rings is 1. The summed E-state index contributed by atoms with van der Waals surface area (Å²) in [6.07, 6.45) is 3.84. The molecule has 30 heavy (non-hydrogen) atoms. The number of hydrogen-bond acceptors (Lipinski definition) is 4. The Morgan fingerprint density at radius 3 is 2.63 bits per heavy atom. The fourth-order valence-electron chi connectivity index (χ4n) is 4.45. The van der Waals surface area contributed by atoms with Gasteiger partial charge < -0.3 is 15.5 Å². The van der Waals surface area contributed by atoms with Gasteiger partial charge in [0.2, 0.25) is 0 Å². The molecule has 2 aliphatic heterocycles. The Kier molecular flexibility index (Phi) is 4.49. The highest BCUT2D eigenvalue weighted by Crippen LogP contribution is 2.48. The van der Waals surface area contributed by atoms with E-state index < -0.39 is 11.8 Å². The molecule has 3 heterocycles. The van der Waals surface area contributed by atoms with E-state index in [1.807, 2.05) is 47.4 Å². The van der Waals surface area contributed by atoms with Gasteiger partial charge in [0, 0.05) is 37.5 Å². The molecule has 4 aliphatic rings. The molecule has 2 aliphatic carbocycles. The first-order chi connectivity index (χ1) is 14.5. The number of halogens is 2. The monoisotopic (exact) mass is 410 g/mol. The Morgan fingerprint density at radius 1 is 1.23 bits per heavy atom. The molecule has 0 spiro atoms. The molecule has 156 valence electrons. The summed E-state index contributed by atoms with van der Waals surface area (Å²) in [5, 5.41) is 6.15. The molecule has 0 radical (unpaired) electrons. The molecule has 1 aromatic heterocycles. The highest BCUT2D eigenvalue weighted by atomic mass is 19.3. The molecule has 5 nitrogen and oxygen atoms in total. The Balaban J connectivity index is 1.30. The zero-order valence-electron chi connectivity index (χ0n) is 16.7. The van der Waals surface area contributed by atoms with E-state index in [1.54, 1.807) is 7.05 Å². The van der Waals surface area contributed by atoms with Crippen LogP contribution in [0.1, 0.15) is 35.3 Å². The van der Waals surface area contributed by atoms with E-state index in [9.17, 15) is 13.6 Å². The van der Waals surface area contributed by atoms with Crippen molar-refractivity contribution in [3.8, 4) is 0 Å². The maximum atomic E-state index is 13.1. The van der Waals surface area contributed by atoms with Crippen LogP contribution in [0, 0.1) is 5.92 Å². The number of nitrogens with zero attached hydrogens (tertiary/aromatic N) is 2. The van der Waals surface area contributed by atoms with E-state index in [0.717, 1.165) is 35.4 Å². The summed E-state index contributed by atoms with van der Waals surface area (Å²) in [5.41, 5.74) is 3.44. The predicted molar refractivity (Wildman–Crippen MR) is 113 cm³/mol. The lowest BCUT2D eigenvalue weighted by molar-refractivity contribution is 0.0268. The minimum atomic E-state index is -2.53. The van der Waals surface area contributed by atoms with E-state index in [1.165, 1.54) is 0 Å². The fraction of sp³-hybridized carbons (Fsp3) is 0.391. The summed E-state index contributed by atoms with van der Waals surface area (Å²) in [5.74, 6) is -2.40. The SMILES string of the molecule is CNc1nc(C2=CC3CC(C2)N3C(=O)c2ccccc2)ccc1NCC1CC1(F)F.